The van der Waals surface area contributed by atoms with Gasteiger partial charge >= 0.3 is 0 Å². The standard InChI is InChI=1S/C10H15B2N/c11-7-3-4-9(12)8(6-7)10-2-1-5-13-10/h3-4,6,10,13H,1-2,5,11-12H2. The molecule has 3 heteroatoms. The van der Waals surface area contributed by atoms with Crippen molar-refractivity contribution < 1.29 is 0 Å². The smallest absolute Gasteiger partial charge is 0.139 e. The Hall–Kier alpha value is -0.690. The van der Waals surface area contributed by atoms with Gasteiger partial charge in [0.15, 0.2) is 0 Å². The Bertz CT molecular complexity index is 306. The minimum atomic E-state index is 0.611. The van der Waals surface area contributed by atoms with E-state index in [0.717, 1.165) is 0 Å². The average Bonchev–Trinajstić information content (AvgIpc) is 2.61. The summed E-state index contributed by atoms with van der Waals surface area (Å²) in [6.07, 6.45) is 2.61. The van der Waals surface area contributed by atoms with Crippen LogP contribution in [0.15, 0.2) is 18.2 Å². The molecule has 66 valence electrons. The lowest BCUT2D eigenvalue weighted by atomic mass is 9.82. The quantitative estimate of drug-likeness (QED) is 0.514. The van der Waals surface area contributed by atoms with Gasteiger partial charge in [0.25, 0.3) is 0 Å². The number of hydrogen-bond acceptors (Lipinski definition) is 1. The molecule has 1 aliphatic heterocycles. The maximum Gasteiger partial charge on any atom is 0.139 e. The van der Waals surface area contributed by atoms with Crippen LogP contribution >= 0.6 is 0 Å². The van der Waals surface area contributed by atoms with Crippen molar-refractivity contribution in [2.75, 3.05) is 6.54 Å². The molecule has 0 radical (unpaired) electrons. The second-order valence-corrected chi connectivity index (χ2v) is 4.01. The molecule has 1 fully saturated rings. The highest BCUT2D eigenvalue weighted by Gasteiger charge is 2.17. The molecule has 0 amide bonds. The third kappa shape index (κ3) is 1.80. The summed E-state index contributed by atoms with van der Waals surface area (Å²) in [6.45, 7) is 1.18. The Kier molecular flexibility index (Phi) is 2.45. The van der Waals surface area contributed by atoms with Crippen LogP contribution in [-0.4, -0.2) is 22.2 Å². The fourth-order valence-corrected chi connectivity index (χ4v) is 2.09. The van der Waals surface area contributed by atoms with Crippen LogP contribution in [-0.2, 0) is 0 Å². The molecule has 1 saturated heterocycles. The van der Waals surface area contributed by atoms with Crippen LogP contribution in [0.4, 0.5) is 0 Å². The maximum atomic E-state index is 3.54. The van der Waals surface area contributed by atoms with Crippen molar-refractivity contribution in [1.29, 1.82) is 0 Å². The van der Waals surface area contributed by atoms with E-state index in [1.807, 2.05) is 0 Å². The Morgan fingerprint density at radius 2 is 2.15 bits per heavy atom. The molecular formula is C10H15B2N. The van der Waals surface area contributed by atoms with Gasteiger partial charge in [0, 0.05) is 6.04 Å². The zero-order valence-corrected chi connectivity index (χ0v) is 8.43. The van der Waals surface area contributed by atoms with E-state index in [1.165, 1.54) is 35.9 Å². The summed E-state index contributed by atoms with van der Waals surface area (Å²) in [7, 11) is 4.37. The molecule has 1 aromatic rings. The van der Waals surface area contributed by atoms with Gasteiger partial charge < -0.3 is 5.32 Å². The van der Waals surface area contributed by atoms with Gasteiger partial charge in [-0.2, -0.15) is 0 Å². The molecule has 1 heterocycles. The second kappa shape index (κ2) is 3.59. The third-order valence-electron chi connectivity index (χ3n) is 2.87. The minimum absolute atomic E-state index is 0.611. The van der Waals surface area contributed by atoms with Gasteiger partial charge in [-0.15, -0.1) is 0 Å². The predicted molar refractivity (Wildman–Crippen MR) is 62.8 cm³/mol. The molecule has 0 spiro atoms. The first-order valence-electron chi connectivity index (χ1n) is 5.08. The summed E-state index contributed by atoms with van der Waals surface area (Å²) in [6, 6.07) is 7.34. The summed E-state index contributed by atoms with van der Waals surface area (Å²) in [4.78, 5) is 0. The predicted octanol–water partition coefficient (Wildman–Crippen LogP) is -1.37. The SMILES string of the molecule is Bc1ccc(B)c(C2CCCN2)c1. The Labute approximate surface area is 81.7 Å². The number of hydrogen-bond donors (Lipinski definition) is 1. The van der Waals surface area contributed by atoms with Crippen LogP contribution in [0.2, 0.25) is 0 Å². The molecule has 13 heavy (non-hydrogen) atoms. The molecule has 0 bridgehead atoms. The molecule has 1 unspecified atom stereocenters. The Morgan fingerprint density at radius 1 is 1.31 bits per heavy atom. The molecule has 1 atom stereocenters. The highest BCUT2D eigenvalue weighted by atomic mass is 14.9. The van der Waals surface area contributed by atoms with Crippen LogP contribution in [0.5, 0.6) is 0 Å². The molecule has 1 nitrogen and oxygen atoms in total. The van der Waals surface area contributed by atoms with Crippen LogP contribution < -0.4 is 16.2 Å². The first-order chi connectivity index (χ1) is 6.27. The van der Waals surface area contributed by atoms with Crippen LogP contribution in [0.3, 0.4) is 0 Å². The molecule has 2 rings (SSSR count). The van der Waals surface area contributed by atoms with Gasteiger partial charge in [0.05, 0.1) is 0 Å². The van der Waals surface area contributed by atoms with Crippen molar-refractivity contribution in [1.82, 2.24) is 5.32 Å². The van der Waals surface area contributed by atoms with Crippen molar-refractivity contribution in [3.63, 3.8) is 0 Å². The van der Waals surface area contributed by atoms with Gasteiger partial charge in [0.1, 0.15) is 15.7 Å². The normalized spacial score (nSPS) is 22.0. The van der Waals surface area contributed by atoms with Crippen molar-refractivity contribution in [2.24, 2.45) is 0 Å². The Balaban J connectivity index is 2.32. The summed E-state index contributed by atoms with van der Waals surface area (Å²) in [5.41, 5.74) is 4.29. The molecule has 0 aliphatic carbocycles. The topological polar surface area (TPSA) is 12.0 Å². The lowest BCUT2D eigenvalue weighted by Gasteiger charge is -2.14. The van der Waals surface area contributed by atoms with E-state index in [4.69, 9.17) is 0 Å². The van der Waals surface area contributed by atoms with Crippen LogP contribution in [0, 0.1) is 0 Å². The van der Waals surface area contributed by atoms with Crippen molar-refractivity contribution in [2.45, 2.75) is 18.9 Å². The van der Waals surface area contributed by atoms with Crippen molar-refractivity contribution >= 4 is 26.6 Å². The van der Waals surface area contributed by atoms with Gasteiger partial charge in [-0.25, -0.2) is 0 Å². The molecule has 0 saturated carbocycles. The molecule has 0 aromatic heterocycles. The van der Waals surface area contributed by atoms with Crippen LogP contribution in [0.1, 0.15) is 24.4 Å². The summed E-state index contributed by atoms with van der Waals surface area (Å²) < 4.78 is 0. The van der Waals surface area contributed by atoms with E-state index in [9.17, 15) is 0 Å². The Morgan fingerprint density at radius 3 is 2.85 bits per heavy atom. The van der Waals surface area contributed by atoms with E-state index in [-0.39, 0.29) is 0 Å². The number of nitrogens with one attached hydrogen (secondary N) is 1. The number of benzene rings is 1. The van der Waals surface area contributed by atoms with E-state index >= 15 is 0 Å². The highest BCUT2D eigenvalue weighted by molar-refractivity contribution is 6.36. The summed E-state index contributed by atoms with van der Waals surface area (Å²) in [5.74, 6) is 0. The first-order valence-corrected chi connectivity index (χ1v) is 5.08. The molecule has 1 aliphatic rings. The lowest BCUT2D eigenvalue weighted by Crippen LogP contribution is -2.24. The first kappa shape index (κ1) is 8.89. The highest BCUT2D eigenvalue weighted by Crippen LogP contribution is 2.20. The fraction of sp³-hybridized carbons (Fsp3) is 0.400. The maximum absolute atomic E-state index is 3.54. The van der Waals surface area contributed by atoms with Gasteiger partial charge in [-0.3, -0.25) is 0 Å². The van der Waals surface area contributed by atoms with Crippen LogP contribution in [0.25, 0.3) is 0 Å². The monoisotopic (exact) mass is 171 g/mol. The average molecular weight is 171 g/mol. The molecule has 1 N–H and O–H groups in total. The van der Waals surface area contributed by atoms with Gasteiger partial charge in [-0.1, -0.05) is 29.1 Å². The second-order valence-electron chi connectivity index (χ2n) is 4.01. The summed E-state index contributed by atoms with van der Waals surface area (Å²) >= 11 is 0. The largest absolute Gasteiger partial charge is 0.310 e. The zero-order valence-electron chi connectivity index (χ0n) is 8.43. The zero-order chi connectivity index (χ0) is 9.26. The van der Waals surface area contributed by atoms with Gasteiger partial charge in [-0.05, 0) is 24.9 Å². The van der Waals surface area contributed by atoms with E-state index in [1.54, 1.807) is 0 Å². The number of rotatable bonds is 1. The molecular weight excluding hydrogens is 156 g/mol. The third-order valence-corrected chi connectivity index (χ3v) is 2.87. The van der Waals surface area contributed by atoms with Gasteiger partial charge in [0.2, 0.25) is 0 Å². The molecule has 1 aromatic carbocycles. The van der Waals surface area contributed by atoms with E-state index < -0.39 is 0 Å². The summed E-state index contributed by atoms with van der Waals surface area (Å²) in [5, 5.41) is 3.54. The van der Waals surface area contributed by atoms with Crippen molar-refractivity contribution in [3.05, 3.63) is 23.8 Å². The van der Waals surface area contributed by atoms with Crippen molar-refractivity contribution in [3.8, 4) is 0 Å². The van der Waals surface area contributed by atoms with E-state index in [2.05, 4.69) is 39.2 Å². The van der Waals surface area contributed by atoms with E-state index in [0.29, 0.717) is 6.04 Å². The lowest BCUT2D eigenvalue weighted by molar-refractivity contribution is 0.652. The fourth-order valence-electron chi connectivity index (χ4n) is 2.09. The minimum Gasteiger partial charge on any atom is -0.310 e.